The quantitative estimate of drug-likeness (QED) is 0.857. The van der Waals surface area contributed by atoms with Crippen LogP contribution >= 0.6 is 0 Å². The molecule has 0 fully saturated rings. The van der Waals surface area contributed by atoms with E-state index < -0.39 is 11.6 Å². The summed E-state index contributed by atoms with van der Waals surface area (Å²) in [5, 5.41) is 0. The molecule has 0 saturated carbocycles. The predicted molar refractivity (Wildman–Crippen MR) is 73.9 cm³/mol. The number of benzene rings is 1. The Morgan fingerprint density at radius 3 is 2.50 bits per heavy atom. The van der Waals surface area contributed by atoms with E-state index in [1.807, 2.05) is 20.8 Å². The number of hydrogen-bond acceptors (Lipinski definition) is 3. The minimum Gasteiger partial charge on any atom is -0.436 e. The number of halogens is 2. The van der Waals surface area contributed by atoms with Crippen molar-refractivity contribution in [2.75, 3.05) is 5.73 Å². The maximum Gasteiger partial charge on any atom is 0.256 e. The van der Waals surface area contributed by atoms with Crippen molar-refractivity contribution in [1.29, 1.82) is 0 Å². The lowest BCUT2D eigenvalue weighted by Gasteiger charge is -2.15. The molecule has 0 saturated heterocycles. The summed E-state index contributed by atoms with van der Waals surface area (Å²) in [5.74, 6) is -1.21. The van der Waals surface area contributed by atoms with Crippen molar-refractivity contribution in [1.82, 2.24) is 4.98 Å². The van der Waals surface area contributed by atoms with E-state index in [1.54, 1.807) is 12.1 Å². The zero-order chi connectivity index (χ0) is 14.9. The van der Waals surface area contributed by atoms with Gasteiger partial charge in [-0.3, -0.25) is 0 Å². The van der Waals surface area contributed by atoms with Gasteiger partial charge in [-0.25, -0.2) is 13.8 Å². The van der Waals surface area contributed by atoms with Crippen LogP contribution in [-0.4, -0.2) is 4.98 Å². The van der Waals surface area contributed by atoms with Crippen LogP contribution in [0.25, 0.3) is 0 Å². The van der Waals surface area contributed by atoms with Gasteiger partial charge in [0.25, 0.3) is 5.88 Å². The molecule has 1 aromatic heterocycles. The summed E-state index contributed by atoms with van der Waals surface area (Å²) in [6, 6.07) is 4.27. The molecule has 0 spiro atoms. The number of nitrogens with zero attached hydrogens (tertiary/aromatic N) is 1. The second-order valence-electron chi connectivity index (χ2n) is 4.94. The van der Waals surface area contributed by atoms with Crippen LogP contribution in [0, 0.1) is 18.6 Å². The van der Waals surface area contributed by atoms with Gasteiger partial charge in [-0.15, -0.1) is 0 Å². The Balaban J connectivity index is 2.44. The lowest BCUT2D eigenvalue weighted by molar-refractivity contribution is 0.411. The van der Waals surface area contributed by atoms with Gasteiger partial charge in [0.1, 0.15) is 11.6 Å². The minimum absolute atomic E-state index is 0.149. The van der Waals surface area contributed by atoms with Crippen molar-refractivity contribution in [3.05, 3.63) is 47.2 Å². The predicted octanol–water partition coefficient (Wildman–Crippen LogP) is 4.17. The molecule has 0 radical (unpaired) electrons. The van der Waals surface area contributed by atoms with Gasteiger partial charge in [-0.1, -0.05) is 13.8 Å². The Morgan fingerprint density at radius 2 is 1.90 bits per heavy atom. The summed E-state index contributed by atoms with van der Waals surface area (Å²) < 4.78 is 31.9. The molecule has 2 aromatic rings. The fraction of sp³-hybridized carbons (Fsp3) is 0.267. The number of anilines is 1. The normalized spacial score (nSPS) is 10.9. The summed E-state index contributed by atoms with van der Waals surface area (Å²) in [6.45, 7) is 5.79. The molecular formula is C15H16F2N2O. The molecule has 1 heterocycles. The third kappa shape index (κ3) is 2.87. The van der Waals surface area contributed by atoms with Gasteiger partial charge in [0.05, 0.1) is 6.20 Å². The zero-order valence-electron chi connectivity index (χ0n) is 11.6. The van der Waals surface area contributed by atoms with E-state index in [-0.39, 0.29) is 11.8 Å². The SMILES string of the molecule is Cc1cc(Oc2ncc(F)cc2F)c(C(C)C)cc1N. The Labute approximate surface area is 116 Å². The number of aryl methyl sites for hydroxylation is 1. The second-order valence-corrected chi connectivity index (χ2v) is 4.94. The first-order valence-electron chi connectivity index (χ1n) is 6.27. The molecule has 0 aliphatic heterocycles. The summed E-state index contributed by atoms with van der Waals surface area (Å²) in [7, 11) is 0. The van der Waals surface area contributed by atoms with Crippen molar-refractivity contribution in [3.8, 4) is 11.6 Å². The van der Waals surface area contributed by atoms with Crippen LogP contribution in [0.4, 0.5) is 14.5 Å². The molecule has 20 heavy (non-hydrogen) atoms. The Hall–Kier alpha value is -2.17. The Kier molecular flexibility index (Phi) is 3.88. The molecule has 0 amide bonds. The first-order valence-corrected chi connectivity index (χ1v) is 6.27. The molecule has 0 aliphatic carbocycles. The van der Waals surface area contributed by atoms with Crippen LogP contribution in [0.3, 0.4) is 0 Å². The van der Waals surface area contributed by atoms with Crippen molar-refractivity contribution in [3.63, 3.8) is 0 Å². The lowest BCUT2D eigenvalue weighted by atomic mass is 9.99. The van der Waals surface area contributed by atoms with Crippen LogP contribution in [-0.2, 0) is 0 Å². The van der Waals surface area contributed by atoms with Crippen molar-refractivity contribution in [2.45, 2.75) is 26.7 Å². The van der Waals surface area contributed by atoms with Gasteiger partial charge in [-0.2, -0.15) is 0 Å². The number of nitrogens with two attached hydrogens (primary N) is 1. The largest absolute Gasteiger partial charge is 0.436 e. The van der Waals surface area contributed by atoms with E-state index in [9.17, 15) is 8.78 Å². The van der Waals surface area contributed by atoms with E-state index >= 15 is 0 Å². The number of pyridine rings is 1. The zero-order valence-corrected chi connectivity index (χ0v) is 11.6. The van der Waals surface area contributed by atoms with Gasteiger partial charge < -0.3 is 10.5 Å². The average Bonchev–Trinajstić information content (AvgIpc) is 2.36. The Morgan fingerprint density at radius 1 is 1.20 bits per heavy atom. The topological polar surface area (TPSA) is 48.1 Å². The second kappa shape index (κ2) is 5.45. The molecule has 0 atom stereocenters. The molecule has 3 nitrogen and oxygen atoms in total. The fourth-order valence-electron chi connectivity index (χ4n) is 1.84. The highest BCUT2D eigenvalue weighted by Gasteiger charge is 2.14. The molecule has 0 aliphatic rings. The first kappa shape index (κ1) is 14.2. The molecule has 106 valence electrons. The van der Waals surface area contributed by atoms with Crippen molar-refractivity contribution >= 4 is 5.69 Å². The number of aromatic nitrogens is 1. The van der Waals surface area contributed by atoms with E-state index in [0.717, 1.165) is 23.4 Å². The smallest absolute Gasteiger partial charge is 0.256 e. The van der Waals surface area contributed by atoms with Crippen LogP contribution < -0.4 is 10.5 Å². The van der Waals surface area contributed by atoms with E-state index in [1.165, 1.54) is 0 Å². The molecule has 0 bridgehead atoms. The fourth-order valence-corrected chi connectivity index (χ4v) is 1.84. The monoisotopic (exact) mass is 278 g/mol. The van der Waals surface area contributed by atoms with Gasteiger partial charge in [-0.05, 0) is 36.1 Å². The maximum atomic E-state index is 13.6. The number of nitrogen functional groups attached to an aromatic ring is 1. The van der Waals surface area contributed by atoms with E-state index in [2.05, 4.69) is 4.98 Å². The highest BCUT2D eigenvalue weighted by molar-refractivity contribution is 5.55. The van der Waals surface area contributed by atoms with E-state index in [4.69, 9.17) is 10.5 Å². The number of ether oxygens (including phenoxy) is 1. The summed E-state index contributed by atoms with van der Waals surface area (Å²) in [5.41, 5.74) is 8.19. The summed E-state index contributed by atoms with van der Waals surface area (Å²) >= 11 is 0. The molecule has 0 unspecified atom stereocenters. The number of hydrogen-bond donors (Lipinski definition) is 1. The maximum absolute atomic E-state index is 13.6. The van der Waals surface area contributed by atoms with Crippen molar-refractivity contribution in [2.24, 2.45) is 0 Å². The molecular weight excluding hydrogens is 262 g/mol. The van der Waals surface area contributed by atoms with Gasteiger partial charge in [0.15, 0.2) is 5.82 Å². The third-order valence-corrected chi connectivity index (χ3v) is 3.00. The highest BCUT2D eigenvalue weighted by Crippen LogP contribution is 2.34. The standard InChI is InChI=1S/C15H16F2N2O/c1-8(2)11-6-13(18)9(3)4-14(11)20-15-12(17)5-10(16)7-19-15/h4-8H,18H2,1-3H3. The average molecular weight is 278 g/mol. The summed E-state index contributed by atoms with van der Waals surface area (Å²) in [6.07, 6.45) is 0.914. The Bertz CT molecular complexity index is 642. The first-order chi connectivity index (χ1) is 9.38. The lowest BCUT2D eigenvalue weighted by Crippen LogP contribution is -2.01. The van der Waals surface area contributed by atoms with Crippen LogP contribution in [0.5, 0.6) is 11.6 Å². The molecule has 2 N–H and O–H groups in total. The van der Waals surface area contributed by atoms with Crippen LogP contribution in [0.15, 0.2) is 24.4 Å². The van der Waals surface area contributed by atoms with Gasteiger partial charge in [0, 0.05) is 11.8 Å². The molecule has 2 rings (SSSR count). The van der Waals surface area contributed by atoms with E-state index in [0.29, 0.717) is 11.4 Å². The van der Waals surface area contributed by atoms with Crippen molar-refractivity contribution < 1.29 is 13.5 Å². The van der Waals surface area contributed by atoms with Crippen LogP contribution in [0.1, 0.15) is 30.9 Å². The van der Waals surface area contributed by atoms with Gasteiger partial charge in [0.2, 0.25) is 0 Å². The highest BCUT2D eigenvalue weighted by atomic mass is 19.1. The molecule has 5 heteroatoms. The minimum atomic E-state index is -0.839. The summed E-state index contributed by atoms with van der Waals surface area (Å²) in [4.78, 5) is 3.62. The third-order valence-electron chi connectivity index (χ3n) is 3.00. The number of rotatable bonds is 3. The van der Waals surface area contributed by atoms with Crippen LogP contribution in [0.2, 0.25) is 0 Å². The van der Waals surface area contributed by atoms with Gasteiger partial charge >= 0.3 is 0 Å². The molecule has 1 aromatic carbocycles.